The maximum atomic E-state index is 13.1. The van der Waals surface area contributed by atoms with Gasteiger partial charge in [-0.15, -0.1) is 11.3 Å². The van der Waals surface area contributed by atoms with Gasteiger partial charge in [-0.2, -0.15) is 13.5 Å². The van der Waals surface area contributed by atoms with Gasteiger partial charge in [-0.1, -0.05) is 29.8 Å². The molecule has 3 rings (SSSR count). The summed E-state index contributed by atoms with van der Waals surface area (Å²) in [6.07, 6.45) is 1.50. The van der Waals surface area contributed by atoms with Crippen molar-refractivity contribution in [1.29, 1.82) is 5.41 Å². The standard InChI is InChI=1S/C15H13BrClN5O2S2/c1-8(20-21-15(18)19)10-7-22(12-5-3-2-4-9(10)12)26(23,24)13-6-11(16)14(17)25-13/h2-7H,1H3,(H4,18,19,21). The van der Waals surface area contributed by atoms with E-state index in [0.717, 1.165) is 11.3 Å². The van der Waals surface area contributed by atoms with Gasteiger partial charge in [0.15, 0.2) is 0 Å². The molecule has 0 unspecified atom stereocenters. The number of guanidine groups is 1. The van der Waals surface area contributed by atoms with Gasteiger partial charge in [-0.25, -0.2) is 9.40 Å². The fraction of sp³-hybridized carbons (Fsp3) is 0.0667. The van der Waals surface area contributed by atoms with E-state index in [1.165, 1.54) is 16.2 Å². The van der Waals surface area contributed by atoms with Crippen LogP contribution in [0.15, 0.2) is 50.3 Å². The Morgan fingerprint density at radius 3 is 2.73 bits per heavy atom. The highest BCUT2D eigenvalue weighted by Crippen LogP contribution is 2.36. The number of benzene rings is 1. The Labute approximate surface area is 167 Å². The second-order valence-corrected chi connectivity index (χ2v) is 9.82. The van der Waals surface area contributed by atoms with Crippen molar-refractivity contribution in [3.8, 4) is 0 Å². The van der Waals surface area contributed by atoms with Crippen molar-refractivity contribution in [3.05, 3.63) is 50.9 Å². The number of aromatic nitrogens is 1. The van der Waals surface area contributed by atoms with Crippen LogP contribution in [0.25, 0.3) is 10.9 Å². The van der Waals surface area contributed by atoms with Gasteiger partial charge < -0.3 is 5.73 Å². The molecular weight excluding hydrogens is 462 g/mol. The van der Waals surface area contributed by atoms with Gasteiger partial charge in [0, 0.05) is 21.6 Å². The number of hydrazone groups is 1. The summed E-state index contributed by atoms with van der Waals surface area (Å²) < 4.78 is 28.4. The molecule has 0 saturated heterocycles. The Hall–Kier alpha value is -1.88. The van der Waals surface area contributed by atoms with Crippen molar-refractivity contribution in [1.82, 2.24) is 9.40 Å². The summed E-state index contributed by atoms with van der Waals surface area (Å²) in [4.78, 5) is 0. The summed E-state index contributed by atoms with van der Waals surface area (Å²) in [7, 11) is -3.83. The lowest BCUT2D eigenvalue weighted by atomic mass is 10.1. The third kappa shape index (κ3) is 3.37. The molecular formula is C15H13BrClN5O2S2. The predicted molar refractivity (Wildman–Crippen MR) is 109 cm³/mol. The van der Waals surface area contributed by atoms with Crippen LogP contribution in [0.5, 0.6) is 0 Å². The Balaban J connectivity index is 2.22. The van der Waals surface area contributed by atoms with E-state index in [4.69, 9.17) is 22.7 Å². The fourth-order valence-electron chi connectivity index (χ4n) is 2.39. The van der Waals surface area contributed by atoms with Gasteiger partial charge >= 0.3 is 0 Å². The van der Waals surface area contributed by atoms with Gasteiger partial charge in [0.25, 0.3) is 10.0 Å². The highest BCUT2D eigenvalue weighted by molar-refractivity contribution is 9.10. The molecule has 0 radical (unpaired) electrons. The molecule has 0 fully saturated rings. The number of fused-ring (bicyclic) bond motifs is 1. The van der Waals surface area contributed by atoms with Crippen molar-refractivity contribution >= 4 is 71.5 Å². The summed E-state index contributed by atoms with van der Waals surface area (Å²) in [5, 5.41) is 11.9. The van der Waals surface area contributed by atoms with E-state index in [1.807, 2.05) is 6.07 Å². The Morgan fingerprint density at radius 1 is 1.42 bits per heavy atom. The zero-order chi connectivity index (χ0) is 19.1. The lowest BCUT2D eigenvalue weighted by molar-refractivity contribution is 0.591. The van der Waals surface area contributed by atoms with Crippen LogP contribution in [0.3, 0.4) is 0 Å². The third-order valence-electron chi connectivity index (χ3n) is 3.55. The average molecular weight is 475 g/mol. The molecule has 0 aliphatic rings. The first-order chi connectivity index (χ1) is 12.2. The average Bonchev–Trinajstić information content (AvgIpc) is 3.14. The molecule has 0 aliphatic carbocycles. The van der Waals surface area contributed by atoms with Crippen LogP contribution < -0.4 is 11.2 Å². The Kier molecular flexibility index (Phi) is 5.11. The highest BCUT2D eigenvalue weighted by Gasteiger charge is 2.24. The number of hydrogen-bond acceptors (Lipinski definition) is 5. The molecule has 3 aromatic rings. The molecule has 0 amide bonds. The first-order valence-electron chi connectivity index (χ1n) is 7.17. The number of para-hydroxylation sites is 1. The number of nitrogens with one attached hydrogen (secondary N) is 2. The van der Waals surface area contributed by atoms with Crippen LogP contribution in [-0.4, -0.2) is 24.1 Å². The van der Waals surface area contributed by atoms with E-state index in [0.29, 0.717) is 31.0 Å². The van der Waals surface area contributed by atoms with E-state index in [9.17, 15) is 8.42 Å². The minimum Gasteiger partial charge on any atom is -0.369 e. The Morgan fingerprint density at radius 2 is 2.12 bits per heavy atom. The molecule has 0 atom stereocenters. The maximum Gasteiger partial charge on any atom is 0.277 e. The van der Waals surface area contributed by atoms with Crippen molar-refractivity contribution in [2.45, 2.75) is 11.1 Å². The molecule has 11 heteroatoms. The summed E-state index contributed by atoms with van der Waals surface area (Å²) in [5.74, 6) is -0.307. The van der Waals surface area contributed by atoms with Gasteiger partial charge in [0.05, 0.1) is 11.2 Å². The molecule has 136 valence electrons. The molecule has 0 saturated carbocycles. The molecule has 26 heavy (non-hydrogen) atoms. The quantitative estimate of drug-likeness (QED) is 0.305. The van der Waals surface area contributed by atoms with Crippen molar-refractivity contribution in [2.75, 3.05) is 0 Å². The third-order valence-corrected chi connectivity index (χ3v) is 8.15. The largest absolute Gasteiger partial charge is 0.369 e. The summed E-state index contributed by atoms with van der Waals surface area (Å²) in [6, 6.07) is 8.57. The number of halogens is 2. The monoisotopic (exact) mass is 473 g/mol. The second-order valence-electron chi connectivity index (χ2n) is 5.27. The number of thiophene rings is 1. The van der Waals surface area contributed by atoms with E-state index in [1.54, 1.807) is 25.1 Å². The van der Waals surface area contributed by atoms with Gasteiger partial charge in [-0.05, 0) is 35.0 Å². The zero-order valence-electron chi connectivity index (χ0n) is 13.3. The van der Waals surface area contributed by atoms with Gasteiger partial charge in [0.2, 0.25) is 5.96 Å². The number of rotatable bonds is 4. The highest BCUT2D eigenvalue weighted by atomic mass is 79.9. The first kappa shape index (κ1) is 18.9. The number of nitrogens with zero attached hydrogens (tertiary/aromatic N) is 2. The minimum absolute atomic E-state index is 0.123. The molecule has 1 aromatic carbocycles. The summed E-state index contributed by atoms with van der Waals surface area (Å²) in [5.41, 5.74) is 9.24. The molecule has 0 spiro atoms. The van der Waals surface area contributed by atoms with E-state index in [2.05, 4.69) is 26.5 Å². The van der Waals surface area contributed by atoms with Crippen LogP contribution in [0.2, 0.25) is 4.34 Å². The van der Waals surface area contributed by atoms with E-state index in [-0.39, 0.29) is 10.2 Å². The molecule has 0 aliphatic heterocycles. The van der Waals surface area contributed by atoms with Crippen molar-refractivity contribution in [2.24, 2.45) is 10.8 Å². The first-order valence-corrected chi connectivity index (χ1v) is 10.6. The molecule has 2 aromatic heterocycles. The molecule has 2 heterocycles. The van der Waals surface area contributed by atoms with Crippen LogP contribution in [-0.2, 0) is 10.0 Å². The molecule has 4 N–H and O–H groups in total. The summed E-state index contributed by atoms with van der Waals surface area (Å²) in [6.45, 7) is 1.70. The van der Waals surface area contributed by atoms with Gasteiger partial charge in [0.1, 0.15) is 8.55 Å². The Bertz CT molecular complexity index is 1130. The minimum atomic E-state index is -3.83. The van der Waals surface area contributed by atoms with Crippen molar-refractivity contribution in [3.63, 3.8) is 0 Å². The molecule has 7 nitrogen and oxygen atoms in total. The lowest BCUT2D eigenvalue weighted by Crippen LogP contribution is -2.26. The van der Waals surface area contributed by atoms with Crippen LogP contribution >= 0.6 is 38.9 Å². The second kappa shape index (κ2) is 7.03. The van der Waals surface area contributed by atoms with E-state index < -0.39 is 10.0 Å². The fourth-order valence-corrected chi connectivity index (χ4v) is 6.15. The van der Waals surface area contributed by atoms with E-state index >= 15 is 0 Å². The lowest BCUT2D eigenvalue weighted by Gasteiger charge is -2.04. The zero-order valence-corrected chi connectivity index (χ0v) is 17.3. The van der Waals surface area contributed by atoms with Crippen LogP contribution in [0.1, 0.15) is 12.5 Å². The van der Waals surface area contributed by atoms with Gasteiger partial charge in [-0.3, -0.25) is 5.41 Å². The predicted octanol–water partition coefficient (Wildman–Crippen LogP) is 3.56. The summed E-state index contributed by atoms with van der Waals surface area (Å²) >= 11 is 10.2. The number of nitrogens with two attached hydrogens (primary N) is 1. The van der Waals surface area contributed by atoms with Crippen molar-refractivity contribution < 1.29 is 8.42 Å². The maximum absolute atomic E-state index is 13.1. The van der Waals surface area contributed by atoms with Crippen LogP contribution in [0, 0.1) is 5.41 Å². The SMILES string of the molecule is CC(=NNC(=N)N)c1cn(S(=O)(=O)c2cc(Br)c(Cl)s2)c2ccccc12. The van der Waals surface area contributed by atoms with Crippen LogP contribution in [0.4, 0.5) is 0 Å². The smallest absolute Gasteiger partial charge is 0.277 e. The molecule has 0 bridgehead atoms. The number of hydrogen-bond donors (Lipinski definition) is 3. The normalized spacial score (nSPS) is 12.5. The topological polar surface area (TPSA) is 113 Å².